The standard InChI is InChI=1S/C13H23N5O3S/c1-4-12-16-17-13(22-12)15-11(21)6-5-10(20)14-7-9(19)8-18(2)3/h9,19H,4-8H2,1-3H3,(H,14,20)(H,15,17,21). The van der Waals surface area contributed by atoms with Crippen molar-refractivity contribution in [1.29, 1.82) is 0 Å². The smallest absolute Gasteiger partial charge is 0.226 e. The molecule has 3 N–H and O–H groups in total. The van der Waals surface area contributed by atoms with Gasteiger partial charge in [0, 0.05) is 25.9 Å². The molecule has 0 saturated heterocycles. The number of hydrogen-bond acceptors (Lipinski definition) is 7. The Balaban J connectivity index is 2.21. The Morgan fingerprint density at radius 1 is 1.27 bits per heavy atom. The lowest BCUT2D eigenvalue weighted by Crippen LogP contribution is -2.37. The van der Waals surface area contributed by atoms with Gasteiger partial charge in [-0.25, -0.2) is 0 Å². The van der Waals surface area contributed by atoms with Crippen molar-refractivity contribution in [1.82, 2.24) is 20.4 Å². The molecule has 1 aromatic heterocycles. The number of aryl methyl sites for hydroxylation is 1. The number of anilines is 1. The minimum absolute atomic E-state index is 0.0661. The van der Waals surface area contributed by atoms with Gasteiger partial charge < -0.3 is 20.6 Å². The Morgan fingerprint density at radius 2 is 1.95 bits per heavy atom. The number of carbonyl (C=O) groups is 2. The molecule has 1 atom stereocenters. The molecule has 0 aromatic carbocycles. The summed E-state index contributed by atoms with van der Waals surface area (Å²) in [4.78, 5) is 25.1. The summed E-state index contributed by atoms with van der Waals surface area (Å²) in [5, 5.41) is 23.9. The van der Waals surface area contributed by atoms with E-state index in [0.29, 0.717) is 11.7 Å². The van der Waals surface area contributed by atoms with Gasteiger partial charge in [-0.1, -0.05) is 18.3 Å². The van der Waals surface area contributed by atoms with E-state index < -0.39 is 6.10 Å². The van der Waals surface area contributed by atoms with E-state index in [2.05, 4.69) is 20.8 Å². The molecule has 8 nitrogen and oxygen atoms in total. The Morgan fingerprint density at radius 3 is 2.55 bits per heavy atom. The lowest BCUT2D eigenvalue weighted by Gasteiger charge is -2.16. The SMILES string of the molecule is CCc1nnc(NC(=O)CCC(=O)NCC(O)CN(C)C)s1. The predicted molar refractivity (Wildman–Crippen MR) is 84.7 cm³/mol. The number of nitrogens with zero attached hydrogens (tertiary/aromatic N) is 3. The first-order valence-electron chi connectivity index (χ1n) is 7.12. The van der Waals surface area contributed by atoms with Crippen LogP contribution in [0.3, 0.4) is 0 Å². The first-order valence-corrected chi connectivity index (χ1v) is 7.94. The van der Waals surface area contributed by atoms with Crippen LogP contribution in [0, 0.1) is 0 Å². The fourth-order valence-corrected chi connectivity index (χ4v) is 2.36. The second kappa shape index (κ2) is 9.44. The zero-order chi connectivity index (χ0) is 16.5. The third-order valence-corrected chi connectivity index (χ3v) is 3.69. The van der Waals surface area contributed by atoms with Gasteiger partial charge in [0.1, 0.15) is 5.01 Å². The summed E-state index contributed by atoms with van der Waals surface area (Å²) in [5.74, 6) is -0.540. The first-order chi connectivity index (χ1) is 10.4. The maximum atomic E-state index is 11.7. The van der Waals surface area contributed by atoms with Crippen LogP contribution in [0.5, 0.6) is 0 Å². The molecule has 0 aliphatic rings. The molecule has 0 radical (unpaired) electrons. The van der Waals surface area contributed by atoms with E-state index in [0.717, 1.165) is 11.4 Å². The van der Waals surface area contributed by atoms with Gasteiger partial charge in [0.2, 0.25) is 16.9 Å². The molecule has 0 aliphatic carbocycles. The molecular weight excluding hydrogens is 306 g/mol. The van der Waals surface area contributed by atoms with Crippen molar-refractivity contribution >= 4 is 28.3 Å². The molecule has 9 heteroatoms. The van der Waals surface area contributed by atoms with Crippen LogP contribution in [0.15, 0.2) is 0 Å². The number of rotatable bonds is 9. The van der Waals surface area contributed by atoms with Gasteiger partial charge in [-0.3, -0.25) is 9.59 Å². The predicted octanol–water partition coefficient (Wildman–Crippen LogP) is -0.142. The van der Waals surface area contributed by atoms with E-state index in [9.17, 15) is 14.7 Å². The van der Waals surface area contributed by atoms with Crippen LogP contribution in [0.1, 0.15) is 24.8 Å². The summed E-state index contributed by atoms with van der Waals surface area (Å²) in [6, 6.07) is 0. The number of amides is 2. The molecule has 0 saturated carbocycles. The highest BCUT2D eigenvalue weighted by atomic mass is 32.1. The van der Waals surface area contributed by atoms with Crippen molar-refractivity contribution in [3.63, 3.8) is 0 Å². The van der Waals surface area contributed by atoms with Gasteiger partial charge in [-0.2, -0.15) is 0 Å². The maximum Gasteiger partial charge on any atom is 0.226 e. The summed E-state index contributed by atoms with van der Waals surface area (Å²) in [7, 11) is 3.68. The van der Waals surface area contributed by atoms with Crippen molar-refractivity contribution < 1.29 is 14.7 Å². The average molecular weight is 329 g/mol. The third-order valence-electron chi connectivity index (χ3n) is 2.71. The number of aliphatic hydroxyl groups is 1. The second-order valence-corrected chi connectivity index (χ2v) is 6.18. The highest BCUT2D eigenvalue weighted by Crippen LogP contribution is 2.15. The van der Waals surface area contributed by atoms with Gasteiger partial charge in [0.25, 0.3) is 0 Å². The molecule has 1 heterocycles. The zero-order valence-electron chi connectivity index (χ0n) is 13.1. The lowest BCUT2D eigenvalue weighted by atomic mass is 10.2. The van der Waals surface area contributed by atoms with E-state index in [4.69, 9.17) is 0 Å². The third kappa shape index (κ3) is 7.43. The topological polar surface area (TPSA) is 107 Å². The van der Waals surface area contributed by atoms with Gasteiger partial charge in [-0.05, 0) is 20.5 Å². The molecule has 1 rings (SSSR count). The van der Waals surface area contributed by atoms with Gasteiger partial charge >= 0.3 is 0 Å². The van der Waals surface area contributed by atoms with Crippen LogP contribution in [0.25, 0.3) is 0 Å². The van der Waals surface area contributed by atoms with Crippen molar-refractivity contribution in [3.8, 4) is 0 Å². The maximum absolute atomic E-state index is 11.7. The largest absolute Gasteiger partial charge is 0.390 e. The summed E-state index contributed by atoms with van der Waals surface area (Å²) in [5.41, 5.74) is 0. The van der Waals surface area contributed by atoms with Crippen molar-refractivity contribution in [2.75, 3.05) is 32.5 Å². The fourth-order valence-electron chi connectivity index (χ4n) is 1.66. The highest BCUT2D eigenvalue weighted by Gasteiger charge is 2.11. The lowest BCUT2D eigenvalue weighted by molar-refractivity contribution is -0.124. The Hall–Kier alpha value is -1.58. The zero-order valence-corrected chi connectivity index (χ0v) is 13.9. The van der Waals surface area contributed by atoms with Gasteiger partial charge in [-0.15, -0.1) is 10.2 Å². The molecule has 22 heavy (non-hydrogen) atoms. The monoisotopic (exact) mass is 329 g/mol. The van der Waals surface area contributed by atoms with Crippen LogP contribution < -0.4 is 10.6 Å². The number of carbonyl (C=O) groups excluding carboxylic acids is 2. The Kier molecular flexibility index (Phi) is 7.92. The summed E-state index contributed by atoms with van der Waals surface area (Å²) >= 11 is 1.32. The minimum Gasteiger partial charge on any atom is -0.390 e. The Bertz CT molecular complexity index is 492. The molecular formula is C13H23N5O3S. The van der Waals surface area contributed by atoms with Gasteiger partial charge in [0.15, 0.2) is 0 Å². The normalized spacial score (nSPS) is 12.2. The van der Waals surface area contributed by atoms with E-state index in [1.807, 2.05) is 25.9 Å². The molecule has 124 valence electrons. The first kappa shape index (κ1) is 18.5. The quantitative estimate of drug-likeness (QED) is 0.582. The molecule has 0 bridgehead atoms. The number of nitrogens with one attached hydrogen (secondary N) is 2. The van der Waals surface area contributed by atoms with Crippen molar-refractivity contribution in [2.24, 2.45) is 0 Å². The summed E-state index contributed by atoms with van der Waals surface area (Å²) < 4.78 is 0. The fraction of sp³-hybridized carbons (Fsp3) is 0.692. The number of aromatic nitrogens is 2. The van der Waals surface area contributed by atoms with Crippen LogP contribution in [-0.4, -0.2) is 65.3 Å². The average Bonchev–Trinajstić information content (AvgIpc) is 2.89. The van der Waals surface area contributed by atoms with Crippen LogP contribution >= 0.6 is 11.3 Å². The molecule has 1 aromatic rings. The van der Waals surface area contributed by atoms with E-state index >= 15 is 0 Å². The summed E-state index contributed by atoms with van der Waals surface area (Å²) in [6.45, 7) is 2.60. The van der Waals surface area contributed by atoms with Crippen molar-refractivity contribution in [3.05, 3.63) is 5.01 Å². The number of likely N-dealkylation sites (N-methyl/N-ethyl adjacent to an activating group) is 1. The number of aliphatic hydroxyl groups excluding tert-OH is 1. The van der Waals surface area contributed by atoms with Gasteiger partial charge in [0.05, 0.1) is 6.10 Å². The van der Waals surface area contributed by atoms with Crippen LogP contribution in [0.4, 0.5) is 5.13 Å². The minimum atomic E-state index is -0.623. The Labute approximate surface area is 133 Å². The van der Waals surface area contributed by atoms with E-state index in [1.54, 1.807) is 0 Å². The molecule has 0 spiro atoms. The molecule has 1 unspecified atom stereocenters. The van der Waals surface area contributed by atoms with E-state index in [1.165, 1.54) is 11.3 Å². The highest BCUT2D eigenvalue weighted by molar-refractivity contribution is 7.15. The van der Waals surface area contributed by atoms with Crippen LogP contribution in [0.2, 0.25) is 0 Å². The summed E-state index contributed by atoms with van der Waals surface area (Å²) in [6.07, 6.45) is 0.281. The number of hydrogen-bond donors (Lipinski definition) is 3. The molecule has 2 amide bonds. The van der Waals surface area contributed by atoms with E-state index in [-0.39, 0.29) is 31.2 Å². The van der Waals surface area contributed by atoms with Crippen LogP contribution in [-0.2, 0) is 16.0 Å². The molecule has 0 aliphatic heterocycles. The van der Waals surface area contributed by atoms with Crippen molar-refractivity contribution in [2.45, 2.75) is 32.3 Å². The molecule has 0 fully saturated rings. The second-order valence-electron chi connectivity index (χ2n) is 5.12.